The molecule has 17 heteroatoms. The second-order valence-electron chi connectivity index (χ2n) is 14.8. The highest BCUT2D eigenvalue weighted by Crippen LogP contribution is 2.81. The van der Waals surface area contributed by atoms with Gasteiger partial charge in [0.05, 0.1) is 23.1 Å². The van der Waals surface area contributed by atoms with Crippen LogP contribution in [-0.4, -0.2) is 152 Å². The molecule has 3 aliphatic carbocycles. The lowest BCUT2D eigenvalue weighted by Gasteiger charge is -2.67. The lowest BCUT2D eigenvalue weighted by atomic mass is 9.41. The van der Waals surface area contributed by atoms with Crippen molar-refractivity contribution in [3.8, 4) is 0 Å². The van der Waals surface area contributed by atoms with Crippen molar-refractivity contribution in [1.82, 2.24) is 0 Å². The fourth-order valence-corrected chi connectivity index (χ4v) is 9.16. The summed E-state index contributed by atoms with van der Waals surface area (Å²) in [5.41, 5.74) is -3.39. The second kappa shape index (κ2) is 13.3. The Kier molecular flexibility index (Phi) is 9.21. The number of aliphatic hydroxyl groups is 7. The van der Waals surface area contributed by atoms with Crippen LogP contribution < -0.4 is 0 Å². The number of esters is 2. The van der Waals surface area contributed by atoms with Gasteiger partial charge in [0.1, 0.15) is 73.2 Å². The average molecular weight is 747 g/mol. The van der Waals surface area contributed by atoms with Crippen LogP contribution in [0.1, 0.15) is 40.5 Å². The first-order valence-corrected chi connectivity index (χ1v) is 17.5. The third-order valence-electron chi connectivity index (χ3n) is 11.9. The zero-order valence-electron chi connectivity index (χ0n) is 28.5. The number of ether oxygens (including phenoxy) is 8. The van der Waals surface area contributed by atoms with E-state index >= 15 is 0 Å². The first-order chi connectivity index (χ1) is 25.3. The van der Waals surface area contributed by atoms with Crippen molar-refractivity contribution in [3.05, 3.63) is 71.8 Å². The maximum atomic E-state index is 13.1. The summed E-state index contributed by atoms with van der Waals surface area (Å²) in [6.45, 7) is 0.0885. The van der Waals surface area contributed by atoms with Crippen LogP contribution >= 0.6 is 0 Å². The molecule has 53 heavy (non-hydrogen) atoms. The molecular formula is C36H42O17. The third kappa shape index (κ3) is 5.48. The standard InChI is InChI=1S/C36H42O17/c1-33-15-35(45)21-12-36(33,34(21,32(52-33)53-35)16-47-29(44)18-10-6-3-7-11-18)51-31-26(42)24(40)27(50-30-25(41)23(39)22(38)19(13-37)48-30)20(49-31)14-46-28(43)17-8-4-2-5-9-17/h2-11,19-27,30-32,37-42,45H,12-16H2,1H3/t19-,20-,21+,22-,23+,24-,25-,26-,27-,30+,31+,32?,33+,34+,35-,36-/m1/s1. The lowest BCUT2D eigenvalue weighted by molar-refractivity contribution is -0.428. The zero-order valence-corrected chi connectivity index (χ0v) is 28.5. The molecule has 0 spiro atoms. The Labute approximate surface area is 302 Å². The van der Waals surface area contributed by atoms with E-state index in [1.807, 2.05) is 0 Å². The number of aliphatic hydroxyl groups excluding tert-OH is 6. The van der Waals surface area contributed by atoms with Gasteiger partial charge in [0.2, 0.25) is 0 Å². The Morgan fingerprint density at radius 2 is 1.38 bits per heavy atom. The van der Waals surface area contributed by atoms with E-state index in [2.05, 4.69) is 0 Å². The van der Waals surface area contributed by atoms with E-state index in [0.717, 1.165) is 0 Å². The monoisotopic (exact) mass is 746 g/mol. The van der Waals surface area contributed by atoms with Crippen molar-refractivity contribution in [2.75, 3.05) is 19.8 Å². The van der Waals surface area contributed by atoms with E-state index in [9.17, 15) is 45.3 Å². The normalized spacial score (nSPS) is 46.5. The van der Waals surface area contributed by atoms with E-state index in [4.69, 9.17) is 37.9 Å². The topological polar surface area (TPSA) is 250 Å². The Hall–Kier alpha value is -3.14. The summed E-state index contributed by atoms with van der Waals surface area (Å²) in [5, 5.41) is 75.6. The van der Waals surface area contributed by atoms with E-state index in [1.54, 1.807) is 55.5 Å². The van der Waals surface area contributed by atoms with Gasteiger partial charge in [-0.2, -0.15) is 0 Å². The largest absolute Gasteiger partial charge is 0.461 e. The fraction of sp³-hybridized carbons (Fsp3) is 0.611. The molecule has 5 saturated heterocycles. The van der Waals surface area contributed by atoms with Gasteiger partial charge in [-0.15, -0.1) is 0 Å². The van der Waals surface area contributed by atoms with Crippen LogP contribution in [0.5, 0.6) is 0 Å². The van der Waals surface area contributed by atoms with Crippen LogP contribution in [0.25, 0.3) is 0 Å². The second-order valence-corrected chi connectivity index (χ2v) is 14.8. The first kappa shape index (κ1) is 36.8. The molecule has 16 atom stereocenters. The number of benzene rings is 2. The molecule has 1 unspecified atom stereocenters. The molecule has 288 valence electrons. The number of carbonyl (C=O) groups is 2. The SMILES string of the molecule is C[C@@]12C[C@@]3(O)OC(O1)[C@]1(COC(=O)c4ccccc4)[C@@H]3C[C@@]21O[C@@H]1O[C@H](COC(=O)c2ccccc2)[C@@H](O[C@@H]2O[C@H](CO)[C@@H](O)[C@H](O)[C@H]2O)[C@H](O)[C@H]1O. The van der Waals surface area contributed by atoms with Gasteiger partial charge >= 0.3 is 11.9 Å². The first-order valence-electron chi connectivity index (χ1n) is 17.5. The molecule has 10 rings (SSSR count). The quantitative estimate of drug-likeness (QED) is 0.127. The van der Waals surface area contributed by atoms with Crippen LogP contribution in [0.2, 0.25) is 0 Å². The van der Waals surface area contributed by atoms with E-state index < -0.39 is 121 Å². The number of rotatable bonds is 11. The van der Waals surface area contributed by atoms with Gasteiger partial charge in [-0.3, -0.25) is 0 Å². The molecule has 2 aromatic rings. The minimum Gasteiger partial charge on any atom is -0.461 e. The Morgan fingerprint density at radius 1 is 0.774 bits per heavy atom. The summed E-state index contributed by atoms with van der Waals surface area (Å²) >= 11 is 0. The maximum absolute atomic E-state index is 13.1. The van der Waals surface area contributed by atoms with Crippen LogP contribution in [-0.2, 0) is 37.9 Å². The van der Waals surface area contributed by atoms with Gasteiger partial charge in [-0.25, -0.2) is 9.59 Å². The molecule has 17 nitrogen and oxygen atoms in total. The number of carbonyl (C=O) groups excluding carboxylic acids is 2. The Bertz CT molecular complexity index is 1680. The Morgan fingerprint density at radius 3 is 2.02 bits per heavy atom. The van der Waals surface area contributed by atoms with E-state index in [-0.39, 0.29) is 25.0 Å². The minimum atomic E-state index is -1.87. The summed E-state index contributed by atoms with van der Waals surface area (Å²) in [5.74, 6) is -3.59. The number of hydrogen-bond donors (Lipinski definition) is 7. The fourth-order valence-electron chi connectivity index (χ4n) is 9.16. The summed E-state index contributed by atoms with van der Waals surface area (Å²) in [6.07, 6.45) is -17.8. The van der Waals surface area contributed by atoms with Gasteiger partial charge in [0.25, 0.3) is 0 Å². The molecule has 5 heterocycles. The van der Waals surface area contributed by atoms with Crippen molar-refractivity contribution in [2.24, 2.45) is 11.3 Å². The molecule has 0 aromatic heterocycles. The van der Waals surface area contributed by atoms with Gasteiger partial charge in [0, 0.05) is 12.3 Å². The summed E-state index contributed by atoms with van der Waals surface area (Å²) in [4.78, 5) is 26.1. The van der Waals surface area contributed by atoms with E-state index in [0.29, 0.717) is 5.56 Å². The Balaban J connectivity index is 1.07. The molecule has 6 bridgehead atoms. The van der Waals surface area contributed by atoms with Crippen molar-refractivity contribution in [3.63, 3.8) is 0 Å². The third-order valence-corrected chi connectivity index (χ3v) is 11.9. The van der Waals surface area contributed by atoms with Gasteiger partial charge in [-0.1, -0.05) is 36.4 Å². The van der Waals surface area contributed by atoms with Crippen LogP contribution in [0.3, 0.4) is 0 Å². The lowest BCUT2D eigenvalue weighted by Crippen LogP contribution is -2.81. The zero-order chi connectivity index (χ0) is 37.5. The molecule has 0 radical (unpaired) electrons. The highest BCUT2D eigenvalue weighted by atomic mass is 16.8. The molecule has 7 N–H and O–H groups in total. The molecule has 0 amide bonds. The predicted molar refractivity (Wildman–Crippen MR) is 171 cm³/mol. The number of hydrogen-bond acceptors (Lipinski definition) is 17. The maximum Gasteiger partial charge on any atom is 0.338 e. The minimum absolute atomic E-state index is 0.0259. The highest BCUT2D eigenvalue weighted by molar-refractivity contribution is 5.89. The molecule has 5 aliphatic heterocycles. The van der Waals surface area contributed by atoms with Gasteiger partial charge < -0.3 is 73.6 Å². The highest BCUT2D eigenvalue weighted by Gasteiger charge is 2.94. The van der Waals surface area contributed by atoms with Crippen molar-refractivity contribution in [2.45, 2.75) is 104 Å². The summed E-state index contributed by atoms with van der Waals surface area (Å²) in [7, 11) is 0. The van der Waals surface area contributed by atoms with Gasteiger partial charge in [0.15, 0.2) is 24.7 Å². The van der Waals surface area contributed by atoms with E-state index in [1.165, 1.54) is 12.1 Å². The van der Waals surface area contributed by atoms with Crippen LogP contribution in [0.15, 0.2) is 60.7 Å². The molecule has 2 aromatic carbocycles. The van der Waals surface area contributed by atoms with Crippen LogP contribution in [0.4, 0.5) is 0 Å². The van der Waals surface area contributed by atoms with Gasteiger partial charge in [-0.05, 0) is 37.6 Å². The average Bonchev–Trinajstić information content (AvgIpc) is 3.35. The van der Waals surface area contributed by atoms with Crippen molar-refractivity contribution >= 4 is 11.9 Å². The smallest absolute Gasteiger partial charge is 0.338 e. The summed E-state index contributed by atoms with van der Waals surface area (Å²) < 4.78 is 47.9. The van der Waals surface area contributed by atoms with Crippen molar-refractivity contribution < 1.29 is 83.2 Å². The molecule has 8 aliphatic rings. The summed E-state index contributed by atoms with van der Waals surface area (Å²) in [6, 6.07) is 16.3. The molecule has 8 fully saturated rings. The van der Waals surface area contributed by atoms with Crippen LogP contribution in [0, 0.1) is 11.3 Å². The molecule has 3 saturated carbocycles. The predicted octanol–water partition coefficient (Wildman–Crippen LogP) is -1.67. The molecular weight excluding hydrogens is 704 g/mol. The van der Waals surface area contributed by atoms with Crippen molar-refractivity contribution in [1.29, 1.82) is 0 Å².